The predicted octanol–water partition coefficient (Wildman–Crippen LogP) is 1.33. The Bertz CT molecular complexity index is 538. The van der Waals surface area contributed by atoms with E-state index in [0.717, 1.165) is 6.42 Å². The highest BCUT2D eigenvalue weighted by Crippen LogP contribution is 2.16. The zero-order valence-corrected chi connectivity index (χ0v) is 10.8. The van der Waals surface area contributed by atoms with Crippen LogP contribution in [0.3, 0.4) is 0 Å². The topological polar surface area (TPSA) is 85.8 Å². The summed E-state index contributed by atoms with van der Waals surface area (Å²) < 4.78 is 1.60. The first-order valence-electron chi connectivity index (χ1n) is 6.24. The van der Waals surface area contributed by atoms with Crippen LogP contribution in [0.5, 0.6) is 0 Å². The molecule has 0 radical (unpaired) electrons. The maximum atomic E-state index is 11.9. The molecule has 100 valence electrons. The van der Waals surface area contributed by atoms with Gasteiger partial charge in [-0.3, -0.25) is 4.79 Å². The number of nitrogens with zero attached hydrogens (tertiary/aromatic N) is 3. The number of carbonyl (C=O) groups is 1. The second-order valence-electron chi connectivity index (χ2n) is 4.21. The summed E-state index contributed by atoms with van der Waals surface area (Å²) in [6, 6.07) is 4.83. The summed E-state index contributed by atoms with van der Waals surface area (Å²) in [4.78, 5) is 16.2. The molecule has 1 amide bonds. The third-order valence-corrected chi connectivity index (χ3v) is 2.70. The van der Waals surface area contributed by atoms with Gasteiger partial charge in [-0.2, -0.15) is 5.10 Å². The number of anilines is 1. The maximum Gasteiger partial charge on any atom is 0.241 e. The van der Waals surface area contributed by atoms with Crippen molar-refractivity contribution in [2.24, 2.45) is 5.73 Å². The summed E-state index contributed by atoms with van der Waals surface area (Å²) in [5.41, 5.74) is 6.39. The van der Waals surface area contributed by atoms with Gasteiger partial charge in [-0.1, -0.05) is 13.3 Å². The SMILES string of the molecule is CCC[C@H](N)C(=O)Nc1cccnc1-n1cccn1. The van der Waals surface area contributed by atoms with Crippen molar-refractivity contribution in [3.63, 3.8) is 0 Å². The van der Waals surface area contributed by atoms with E-state index < -0.39 is 6.04 Å². The molecular formula is C13H17N5O. The van der Waals surface area contributed by atoms with E-state index in [-0.39, 0.29) is 5.91 Å². The molecular weight excluding hydrogens is 242 g/mol. The molecule has 0 aliphatic rings. The molecule has 1 atom stereocenters. The lowest BCUT2D eigenvalue weighted by atomic mass is 10.1. The van der Waals surface area contributed by atoms with Gasteiger partial charge in [-0.15, -0.1) is 0 Å². The molecule has 6 heteroatoms. The smallest absolute Gasteiger partial charge is 0.241 e. The monoisotopic (exact) mass is 259 g/mol. The lowest BCUT2D eigenvalue weighted by Gasteiger charge is -2.13. The normalized spacial score (nSPS) is 12.1. The van der Waals surface area contributed by atoms with Crippen LogP contribution in [-0.2, 0) is 4.79 Å². The molecule has 3 N–H and O–H groups in total. The molecule has 2 aromatic rings. The Balaban J connectivity index is 2.19. The van der Waals surface area contributed by atoms with Crippen LogP contribution in [-0.4, -0.2) is 26.7 Å². The Morgan fingerprint density at radius 3 is 3.00 bits per heavy atom. The first kappa shape index (κ1) is 13.2. The van der Waals surface area contributed by atoms with Crippen LogP contribution < -0.4 is 11.1 Å². The highest BCUT2D eigenvalue weighted by molar-refractivity contribution is 5.95. The van der Waals surface area contributed by atoms with Gasteiger partial charge in [0, 0.05) is 18.6 Å². The number of carbonyl (C=O) groups excluding carboxylic acids is 1. The van der Waals surface area contributed by atoms with Gasteiger partial charge in [0.15, 0.2) is 5.82 Å². The highest BCUT2D eigenvalue weighted by Gasteiger charge is 2.15. The van der Waals surface area contributed by atoms with E-state index in [9.17, 15) is 4.79 Å². The molecule has 0 aliphatic heterocycles. The van der Waals surface area contributed by atoms with Crippen LogP contribution in [0.15, 0.2) is 36.8 Å². The van der Waals surface area contributed by atoms with Crippen LogP contribution >= 0.6 is 0 Å². The fourth-order valence-electron chi connectivity index (χ4n) is 1.74. The molecule has 0 fully saturated rings. The quantitative estimate of drug-likeness (QED) is 0.848. The Hall–Kier alpha value is -2.21. The molecule has 0 saturated heterocycles. The van der Waals surface area contributed by atoms with E-state index in [0.29, 0.717) is 17.9 Å². The van der Waals surface area contributed by atoms with E-state index in [1.165, 1.54) is 0 Å². The number of nitrogens with one attached hydrogen (secondary N) is 1. The number of aromatic nitrogens is 3. The Morgan fingerprint density at radius 1 is 1.47 bits per heavy atom. The lowest BCUT2D eigenvalue weighted by molar-refractivity contribution is -0.117. The minimum Gasteiger partial charge on any atom is -0.322 e. The second kappa shape index (κ2) is 6.10. The Morgan fingerprint density at radius 2 is 2.32 bits per heavy atom. The van der Waals surface area contributed by atoms with E-state index in [1.807, 2.05) is 6.92 Å². The van der Waals surface area contributed by atoms with Gasteiger partial charge in [0.05, 0.1) is 11.7 Å². The van der Waals surface area contributed by atoms with Gasteiger partial charge in [0.2, 0.25) is 5.91 Å². The molecule has 2 aromatic heterocycles. The average molecular weight is 259 g/mol. The maximum absolute atomic E-state index is 11.9. The second-order valence-corrected chi connectivity index (χ2v) is 4.21. The summed E-state index contributed by atoms with van der Waals surface area (Å²) in [5.74, 6) is 0.368. The number of hydrogen-bond acceptors (Lipinski definition) is 4. The van der Waals surface area contributed by atoms with E-state index in [2.05, 4.69) is 15.4 Å². The first-order valence-corrected chi connectivity index (χ1v) is 6.24. The van der Waals surface area contributed by atoms with Crippen LogP contribution in [0.4, 0.5) is 5.69 Å². The van der Waals surface area contributed by atoms with Crippen molar-refractivity contribution in [2.45, 2.75) is 25.8 Å². The summed E-state index contributed by atoms with van der Waals surface area (Å²) in [6.07, 6.45) is 6.60. The van der Waals surface area contributed by atoms with E-state index >= 15 is 0 Å². The van der Waals surface area contributed by atoms with Gasteiger partial charge in [-0.25, -0.2) is 9.67 Å². The van der Waals surface area contributed by atoms with Crippen molar-refractivity contribution >= 4 is 11.6 Å². The first-order chi connectivity index (χ1) is 9.22. The zero-order chi connectivity index (χ0) is 13.7. The number of hydrogen-bond donors (Lipinski definition) is 2. The molecule has 0 unspecified atom stereocenters. The summed E-state index contributed by atoms with van der Waals surface area (Å²) in [7, 11) is 0. The van der Waals surface area contributed by atoms with Gasteiger partial charge >= 0.3 is 0 Å². The Kier molecular flexibility index (Phi) is 4.25. The van der Waals surface area contributed by atoms with Gasteiger partial charge in [-0.05, 0) is 24.6 Å². The third-order valence-electron chi connectivity index (χ3n) is 2.70. The third kappa shape index (κ3) is 3.17. The number of rotatable bonds is 5. The molecule has 0 aromatic carbocycles. The van der Waals surface area contributed by atoms with Crippen molar-refractivity contribution in [1.29, 1.82) is 0 Å². The van der Waals surface area contributed by atoms with Crippen molar-refractivity contribution in [3.05, 3.63) is 36.8 Å². The molecule has 0 bridgehead atoms. The van der Waals surface area contributed by atoms with Crippen molar-refractivity contribution in [1.82, 2.24) is 14.8 Å². The molecule has 2 rings (SSSR count). The van der Waals surface area contributed by atoms with Crippen molar-refractivity contribution in [2.75, 3.05) is 5.32 Å². The molecule has 0 spiro atoms. The molecule has 19 heavy (non-hydrogen) atoms. The molecule has 0 saturated carbocycles. The van der Waals surface area contributed by atoms with Crippen LogP contribution in [0, 0.1) is 0 Å². The molecule has 6 nitrogen and oxygen atoms in total. The minimum atomic E-state index is -0.504. The summed E-state index contributed by atoms with van der Waals surface area (Å²) in [5, 5.41) is 6.90. The Labute approximate surface area is 111 Å². The summed E-state index contributed by atoms with van der Waals surface area (Å²) >= 11 is 0. The molecule has 2 heterocycles. The zero-order valence-electron chi connectivity index (χ0n) is 10.8. The largest absolute Gasteiger partial charge is 0.322 e. The van der Waals surface area contributed by atoms with Crippen LogP contribution in [0.2, 0.25) is 0 Å². The van der Waals surface area contributed by atoms with Crippen LogP contribution in [0.25, 0.3) is 5.82 Å². The summed E-state index contributed by atoms with van der Waals surface area (Å²) in [6.45, 7) is 1.99. The standard InChI is InChI=1S/C13H17N5O/c1-2-5-10(14)13(19)17-11-6-3-7-15-12(11)18-9-4-8-16-18/h3-4,6-10H,2,5,14H2,1H3,(H,17,19)/t10-/m0/s1. The van der Waals surface area contributed by atoms with E-state index in [4.69, 9.17) is 5.73 Å². The lowest BCUT2D eigenvalue weighted by Crippen LogP contribution is -2.35. The van der Waals surface area contributed by atoms with Gasteiger partial charge in [0.25, 0.3) is 0 Å². The van der Waals surface area contributed by atoms with Gasteiger partial charge < -0.3 is 11.1 Å². The van der Waals surface area contributed by atoms with Crippen LogP contribution in [0.1, 0.15) is 19.8 Å². The highest BCUT2D eigenvalue weighted by atomic mass is 16.2. The van der Waals surface area contributed by atoms with Crippen molar-refractivity contribution < 1.29 is 4.79 Å². The average Bonchev–Trinajstić information content (AvgIpc) is 2.93. The molecule has 0 aliphatic carbocycles. The van der Waals surface area contributed by atoms with E-state index in [1.54, 1.807) is 41.5 Å². The minimum absolute atomic E-state index is 0.205. The number of pyridine rings is 1. The fourth-order valence-corrected chi connectivity index (χ4v) is 1.74. The predicted molar refractivity (Wildman–Crippen MR) is 72.9 cm³/mol. The van der Waals surface area contributed by atoms with Crippen molar-refractivity contribution in [3.8, 4) is 5.82 Å². The number of nitrogens with two attached hydrogens (primary N) is 1. The van der Waals surface area contributed by atoms with Gasteiger partial charge in [0.1, 0.15) is 0 Å². The number of amides is 1. The fraction of sp³-hybridized carbons (Fsp3) is 0.308.